The summed E-state index contributed by atoms with van der Waals surface area (Å²) in [7, 11) is 0. The summed E-state index contributed by atoms with van der Waals surface area (Å²) in [5.41, 5.74) is -1.13. The van der Waals surface area contributed by atoms with Gasteiger partial charge in [0.2, 0.25) is 0 Å². The lowest BCUT2D eigenvalue weighted by Crippen LogP contribution is -2.25. The Bertz CT molecular complexity index is 917. The van der Waals surface area contributed by atoms with Crippen LogP contribution < -0.4 is 4.74 Å². The Hall–Kier alpha value is -2.96. The van der Waals surface area contributed by atoms with Crippen LogP contribution in [0.2, 0.25) is 0 Å². The first kappa shape index (κ1) is 17.8. The summed E-state index contributed by atoms with van der Waals surface area (Å²) in [6.45, 7) is 0. The van der Waals surface area contributed by atoms with Gasteiger partial charge in [-0.3, -0.25) is 0 Å². The number of alkyl halides is 2. The number of hydrogen-bond acceptors (Lipinski definition) is 1. The first-order valence-corrected chi connectivity index (χ1v) is 7.35. The minimum atomic E-state index is -4.44. The summed E-state index contributed by atoms with van der Waals surface area (Å²) in [5, 5.41) is 0. The molecule has 0 aromatic heterocycles. The van der Waals surface area contributed by atoms with E-state index >= 15 is 0 Å². The smallest absolute Gasteiger partial charge is 0.429 e. The number of benzene rings is 3. The predicted molar refractivity (Wildman–Crippen MR) is 82.7 cm³/mol. The third kappa shape index (κ3) is 3.51. The van der Waals surface area contributed by atoms with Crippen molar-refractivity contribution in [1.29, 1.82) is 0 Å². The van der Waals surface area contributed by atoms with Gasteiger partial charge in [0, 0.05) is 6.07 Å². The van der Waals surface area contributed by atoms with Crippen molar-refractivity contribution in [2.45, 2.75) is 6.11 Å². The molecule has 0 radical (unpaired) electrons. The highest BCUT2D eigenvalue weighted by Crippen LogP contribution is 2.37. The molecule has 26 heavy (non-hydrogen) atoms. The van der Waals surface area contributed by atoms with Gasteiger partial charge in [0.15, 0.2) is 11.6 Å². The van der Waals surface area contributed by atoms with Crippen LogP contribution in [0.1, 0.15) is 5.56 Å². The lowest BCUT2D eigenvalue weighted by molar-refractivity contribution is -0.189. The van der Waals surface area contributed by atoms with Crippen LogP contribution in [0.4, 0.5) is 26.3 Å². The van der Waals surface area contributed by atoms with Gasteiger partial charge in [-0.1, -0.05) is 30.3 Å². The van der Waals surface area contributed by atoms with Gasteiger partial charge in [-0.05, 0) is 35.4 Å². The van der Waals surface area contributed by atoms with Gasteiger partial charge >= 0.3 is 6.11 Å². The standard InChI is InChI=1S/C19H10F6O/c20-14-7-6-13(10-15(14)21)26-19(24,25)18-16(22)8-12(9-17(18)23)11-4-2-1-3-5-11/h1-10H. The maximum atomic E-state index is 14.2. The zero-order valence-corrected chi connectivity index (χ0v) is 12.9. The SMILES string of the molecule is Fc1ccc(OC(F)(F)c2c(F)cc(-c3ccccc3)cc2F)cc1F. The third-order valence-corrected chi connectivity index (χ3v) is 3.58. The van der Waals surface area contributed by atoms with Crippen LogP contribution in [0.15, 0.2) is 60.7 Å². The molecular weight excluding hydrogens is 358 g/mol. The van der Waals surface area contributed by atoms with E-state index in [0.29, 0.717) is 17.7 Å². The first-order chi connectivity index (χ1) is 12.3. The molecule has 0 aliphatic carbocycles. The van der Waals surface area contributed by atoms with Crippen LogP contribution in [-0.4, -0.2) is 0 Å². The molecule has 0 saturated carbocycles. The Morgan fingerprint density at radius 3 is 1.81 bits per heavy atom. The van der Waals surface area contributed by atoms with Gasteiger partial charge in [0.1, 0.15) is 22.9 Å². The molecular formula is C19H10F6O. The molecule has 0 atom stereocenters. The average Bonchev–Trinajstić information content (AvgIpc) is 2.58. The molecule has 3 aromatic carbocycles. The number of hydrogen-bond donors (Lipinski definition) is 0. The van der Waals surface area contributed by atoms with Crippen molar-refractivity contribution in [3.63, 3.8) is 0 Å². The fourth-order valence-corrected chi connectivity index (χ4v) is 2.39. The van der Waals surface area contributed by atoms with Crippen molar-refractivity contribution in [2.24, 2.45) is 0 Å². The van der Waals surface area contributed by atoms with E-state index in [1.807, 2.05) is 0 Å². The molecule has 3 aromatic rings. The minimum Gasteiger partial charge on any atom is -0.429 e. The van der Waals surface area contributed by atoms with Gasteiger partial charge in [-0.15, -0.1) is 0 Å². The highest BCUT2D eigenvalue weighted by Gasteiger charge is 2.41. The topological polar surface area (TPSA) is 9.23 Å². The van der Waals surface area contributed by atoms with Gasteiger partial charge in [-0.25, -0.2) is 17.6 Å². The van der Waals surface area contributed by atoms with E-state index in [4.69, 9.17) is 0 Å². The van der Waals surface area contributed by atoms with E-state index in [0.717, 1.165) is 18.2 Å². The first-order valence-electron chi connectivity index (χ1n) is 7.35. The quantitative estimate of drug-likeness (QED) is 0.510. The molecule has 3 rings (SSSR count). The van der Waals surface area contributed by atoms with Crippen LogP contribution in [0.5, 0.6) is 5.75 Å². The number of ether oxygens (including phenoxy) is 1. The second-order valence-electron chi connectivity index (χ2n) is 5.38. The molecule has 0 fully saturated rings. The Morgan fingerprint density at radius 2 is 1.23 bits per heavy atom. The highest BCUT2D eigenvalue weighted by molar-refractivity contribution is 5.64. The third-order valence-electron chi connectivity index (χ3n) is 3.58. The van der Waals surface area contributed by atoms with E-state index in [1.54, 1.807) is 30.3 Å². The summed E-state index contributed by atoms with van der Waals surface area (Å²) in [6.07, 6.45) is -4.44. The van der Waals surface area contributed by atoms with E-state index in [1.165, 1.54) is 0 Å². The Labute approximate surface area is 144 Å². The zero-order chi connectivity index (χ0) is 18.9. The molecule has 0 spiro atoms. The van der Waals surface area contributed by atoms with E-state index in [-0.39, 0.29) is 5.56 Å². The van der Waals surface area contributed by atoms with Gasteiger partial charge in [0.05, 0.1) is 0 Å². The normalized spacial score (nSPS) is 11.5. The summed E-state index contributed by atoms with van der Waals surface area (Å²) in [4.78, 5) is 0. The molecule has 1 nitrogen and oxygen atoms in total. The molecule has 0 aliphatic rings. The minimum absolute atomic E-state index is 0.0629. The highest BCUT2D eigenvalue weighted by atomic mass is 19.3. The molecule has 134 valence electrons. The van der Waals surface area contributed by atoms with Crippen molar-refractivity contribution in [2.75, 3.05) is 0 Å². The number of rotatable bonds is 4. The maximum absolute atomic E-state index is 14.2. The van der Waals surface area contributed by atoms with Crippen LogP contribution >= 0.6 is 0 Å². The molecule has 0 heterocycles. The summed E-state index contributed by atoms with van der Waals surface area (Å²) >= 11 is 0. The molecule has 0 saturated heterocycles. The van der Waals surface area contributed by atoms with Gasteiger partial charge in [0.25, 0.3) is 0 Å². The predicted octanol–water partition coefficient (Wildman–Crippen LogP) is 6.04. The average molecular weight is 368 g/mol. The van der Waals surface area contributed by atoms with Crippen LogP contribution in [0.3, 0.4) is 0 Å². The van der Waals surface area contributed by atoms with Crippen LogP contribution in [0, 0.1) is 23.3 Å². The molecule has 0 aliphatic heterocycles. The fraction of sp³-hybridized carbons (Fsp3) is 0.0526. The second kappa shape index (κ2) is 6.74. The van der Waals surface area contributed by atoms with E-state index in [2.05, 4.69) is 4.74 Å². The maximum Gasteiger partial charge on any atom is 0.432 e. The Morgan fingerprint density at radius 1 is 0.615 bits per heavy atom. The van der Waals surface area contributed by atoms with Crippen molar-refractivity contribution >= 4 is 0 Å². The summed E-state index contributed by atoms with van der Waals surface area (Å²) in [5.74, 6) is -6.54. The van der Waals surface area contributed by atoms with Crippen LogP contribution in [0.25, 0.3) is 11.1 Å². The second-order valence-corrected chi connectivity index (χ2v) is 5.38. The Balaban J connectivity index is 1.98. The molecule has 0 bridgehead atoms. The molecule has 7 heteroatoms. The van der Waals surface area contributed by atoms with Gasteiger partial charge < -0.3 is 4.74 Å². The monoisotopic (exact) mass is 368 g/mol. The van der Waals surface area contributed by atoms with Crippen molar-refractivity contribution in [1.82, 2.24) is 0 Å². The molecule has 0 unspecified atom stereocenters. The summed E-state index contributed by atoms with van der Waals surface area (Å²) in [6, 6.07) is 11.2. The van der Waals surface area contributed by atoms with Gasteiger partial charge in [-0.2, -0.15) is 8.78 Å². The van der Waals surface area contributed by atoms with Crippen molar-refractivity contribution in [3.05, 3.63) is 89.5 Å². The fourth-order valence-electron chi connectivity index (χ4n) is 2.39. The lowest BCUT2D eigenvalue weighted by atomic mass is 10.0. The Kier molecular flexibility index (Phi) is 4.63. The molecule has 0 amide bonds. The number of halogens is 6. The van der Waals surface area contributed by atoms with E-state index < -0.39 is 40.7 Å². The summed E-state index contributed by atoms with van der Waals surface area (Å²) < 4.78 is 87.0. The molecule has 0 N–H and O–H groups in total. The zero-order valence-electron chi connectivity index (χ0n) is 12.9. The largest absolute Gasteiger partial charge is 0.432 e. The van der Waals surface area contributed by atoms with E-state index in [9.17, 15) is 26.3 Å². The van der Waals surface area contributed by atoms with Crippen LogP contribution in [-0.2, 0) is 6.11 Å². The van der Waals surface area contributed by atoms with Crippen molar-refractivity contribution in [3.8, 4) is 16.9 Å². The van der Waals surface area contributed by atoms with Crippen molar-refractivity contribution < 1.29 is 31.1 Å². The lowest BCUT2D eigenvalue weighted by Gasteiger charge is -2.20.